The van der Waals surface area contributed by atoms with Gasteiger partial charge in [0.15, 0.2) is 0 Å². The number of carbonyl (C=O) groups is 1. The van der Waals surface area contributed by atoms with Gasteiger partial charge in [0.2, 0.25) is 5.91 Å². The Bertz CT molecular complexity index is 710. The average Bonchev–Trinajstić information content (AvgIpc) is 3.08. The van der Waals surface area contributed by atoms with E-state index < -0.39 is 0 Å². The van der Waals surface area contributed by atoms with E-state index >= 15 is 0 Å². The van der Waals surface area contributed by atoms with Crippen molar-refractivity contribution in [2.24, 2.45) is 0 Å². The third kappa shape index (κ3) is 3.51. The number of hydrogen-bond donors (Lipinski definition) is 2. The number of aromatic amines is 1. The number of H-pyrrole nitrogens is 1. The maximum absolute atomic E-state index is 12.5. The molecule has 1 aromatic heterocycles. The van der Waals surface area contributed by atoms with Crippen LogP contribution < -0.4 is 5.32 Å². The van der Waals surface area contributed by atoms with Crippen LogP contribution in [0.3, 0.4) is 0 Å². The van der Waals surface area contributed by atoms with Crippen molar-refractivity contribution < 1.29 is 4.79 Å². The van der Waals surface area contributed by atoms with Crippen LogP contribution in [0.2, 0.25) is 0 Å². The van der Waals surface area contributed by atoms with Gasteiger partial charge in [-0.25, -0.2) is 0 Å². The van der Waals surface area contributed by atoms with Gasteiger partial charge in [0, 0.05) is 6.04 Å². The number of anilines is 1. The van der Waals surface area contributed by atoms with Crippen LogP contribution in [-0.4, -0.2) is 34.1 Å². The summed E-state index contributed by atoms with van der Waals surface area (Å²) in [5, 5.41) is 10.0. The minimum absolute atomic E-state index is 0.0267. The molecule has 1 fully saturated rings. The van der Waals surface area contributed by atoms with Crippen LogP contribution in [-0.2, 0) is 4.79 Å². The molecule has 1 atom stereocenters. The lowest BCUT2D eigenvalue weighted by molar-refractivity contribution is -0.117. The van der Waals surface area contributed by atoms with Crippen LogP contribution >= 0.6 is 0 Å². The Morgan fingerprint density at radius 1 is 1.25 bits per heavy atom. The van der Waals surface area contributed by atoms with Gasteiger partial charge in [-0.1, -0.05) is 29.3 Å². The molecule has 3 rings (SSSR count). The molecular formula is C19H26N4O. The summed E-state index contributed by atoms with van der Waals surface area (Å²) in [5.41, 5.74) is 6.42. The van der Waals surface area contributed by atoms with Gasteiger partial charge in [-0.05, 0) is 52.6 Å². The number of rotatable bonds is 4. The van der Waals surface area contributed by atoms with Gasteiger partial charge in [-0.2, -0.15) is 5.10 Å². The van der Waals surface area contributed by atoms with Crippen molar-refractivity contribution in [1.82, 2.24) is 15.1 Å². The second kappa shape index (κ2) is 6.77. The van der Waals surface area contributed by atoms with Crippen LogP contribution in [0, 0.1) is 27.7 Å². The van der Waals surface area contributed by atoms with Gasteiger partial charge in [0.1, 0.15) is 0 Å². The number of hydrogen-bond acceptors (Lipinski definition) is 3. The fourth-order valence-electron chi connectivity index (χ4n) is 3.69. The molecule has 2 aromatic rings. The molecule has 0 unspecified atom stereocenters. The molecule has 2 N–H and O–H groups in total. The number of likely N-dealkylation sites (tertiary alicyclic amines) is 1. The smallest absolute Gasteiger partial charge is 0.238 e. The van der Waals surface area contributed by atoms with Crippen LogP contribution in [0.5, 0.6) is 0 Å². The first-order valence-corrected chi connectivity index (χ1v) is 8.57. The molecule has 0 saturated carbocycles. The summed E-state index contributed by atoms with van der Waals surface area (Å²) in [6.07, 6.45) is 2.24. The van der Waals surface area contributed by atoms with E-state index in [1.54, 1.807) is 0 Å². The Morgan fingerprint density at radius 2 is 1.96 bits per heavy atom. The second-order valence-corrected chi connectivity index (χ2v) is 6.91. The second-order valence-electron chi connectivity index (χ2n) is 6.91. The molecule has 2 heterocycles. The van der Waals surface area contributed by atoms with E-state index in [4.69, 9.17) is 0 Å². The van der Waals surface area contributed by atoms with Crippen LogP contribution in [0.15, 0.2) is 18.2 Å². The lowest BCUT2D eigenvalue weighted by atomic mass is 9.99. The first kappa shape index (κ1) is 16.7. The fourth-order valence-corrected chi connectivity index (χ4v) is 3.69. The lowest BCUT2D eigenvalue weighted by Gasteiger charge is -2.25. The van der Waals surface area contributed by atoms with E-state index in [2.05, 4.69) is 52.5 Å². The number of benzene rings is 1. The Hall–Kier alpha value is -2.14. The summed E-state index contributed by atoms with van der Waals surface area (Å²) >= 11 is 0. The van der Waals surface area contributed by atoms with Crippen LogP contribution in [0.25, 0.3) is 0 Å². The Morgan fingerprint density at radius 3 is 2.58 bits per heavy atom. The maximum Gasteiger partial charge on any atom is 0.238 e. The Kier molecular flexibility index (Phi) is 4.71. The lowest BCUT2D eigenvalue weighted by Crippen LogP contribution is -2.33. The molecule has 0 radical (unpaired) electrons. The Labute approximate surface area is 143 Å². The van der Waals surface area contributed by atoms with Gasteiger partial charge in [0.25, 0.3) is 0 Å². The van der Waals surface area contributed by atoms with Crippen molar-refractivity contribution >= 4 is 11.6 Å². The van der Waals surface area contributed by atoms with Crippen molar-refractivity contribution in [3.63, 3.8) is 0 Å². The van der Waals surface area contributed by atoms with Crippen molar-refractivity contribution in [1.29, 1.82) is 0 Å². The number of nitrogens with one attached hydrogen (secondary N) is 2. The largest absolute Gasteiger partial charge is 0.322 e. The predicted molar refractivity (Wildman–Crippen MR) is 96.2 cm³/mol. The highest BCUT2D eigenvalue weighted by molar-refractivity contribution is 5.93. The molecule has 5 nitrogen and oxygen atoms in total. The zero-order valence-corrected chi connectivity index (χ0v) is 14.9. The highest BCUT2D eigenvalue weighted by Crippen LogP contribution is 2.32. The fraction of sp³-hybridized carbons (Fsp3) is 0.474. The molecule has 0 spiro atoms. The summed E-state index contributed by atoms with van der Waals surface area (Å²) in [6.45, 7) is 9.47. The Balaban J connectivity index is 1.70. The van der Waals surface area contributed by atoms with Crippen LogP contribution in [0.1, 0.15) is 47.0 Å². The molecule has 1 amide bonds. The molecule has 1 aromatic carbocycles. The van der Waals surface area contributed by atoms with Crippen molar-refractivity contribution in [2.75, 3.05) is 18.4 Å². The number of aryl methyl sites for hydroxylation is 4. The third-order valence-electron chi connectivity index (χ3n) is 4.73. The monoisotopic (exact) mass is 326 g/mol. The van der Waals surface area contributed by atoms with Crippen LogP contribution in [0.4, 0.5) is 5.69 Å². The van der Waals surface area contributed by atoms with Crippen molar-refractivity contribution in [3.05, 3.63) is 46.3 Å². The van der Waals surface area contributed by atoms with Gasteiger partial charge in [-0.15, -0.1) is 0 Å². The molecule has 1 saturated heterocycles. The standard InChI is InChI=1S/C19H26N4O/c1-12-8-13(2)10-16(9-12)17-6-5-7-23(17)11-18(24)20-19-14(3)21-22-15(19)4/h8-10,17H,5-7,11H2,1-4H3,(H,20,24)(H,21,22)/t17-/m0/s1. The quantitative estimate of drug-likeness (QED) is 0.905. The zero-order valence-electron chi connectivity index (χ0n) is 14.9. The SMILES string of the molecule is Cc1cc(C)cc([C@@H]2CCCN2CC(=O)Nc2c(C)n[nH]c2C)c1. The molecule has 0 aliphatic carbocycles. The summed E-state index contributed by atoms with van der Waals surface area (Å²) in [5.74, 6) is 0.0267. The van der Waals surface area contributed by atoms with Crippen molar-refractivity contribution in [2.45, 2.75) is 46.6 Å². The first-order valence-electron chi connectivity index (χ1n) is 8.57. The van der Waals surface area contributed by atoms with Gasteiger partial charge < -0.3 is 5.32 Å². The van der Waals surface area contributed by atoms with E-state index in [-0.39, 0.29) is 5.91 Å². The van der Waals surface area contributed by atoms with E-state index in [9.17, 15) is 4.79 Å². The normalized spacial score (nSPS) is 18.1. The van der Waals surface area contributed by atoms with E-state index in [1.807, 2.05) is 13.8 Å². The zero-order chi connectivity index (χ0) is 17.3. The summed E-state index contributed by atoms with van der Waals surface area (Å²) < 4.78 is 0. The average molecular weight is 326 g/mol. The maximum atomic E-state index is 12.5. The topological polar surface area (TPSA) is 61.0 Å². The number of amides is 1. The van der Waals surface area contributed by atoms with Gasteiger partial charge >= 0.3 is 0 Å². The highest BCUT2D eigenvalue weighted by atomic mass is 16.2. The van der Waals surface area contributed by atoms with Gasteiger partial charge in [-0.3, -0.25) is 14.8 Å². The molecule has 1 aliphatic rings. The van der Waals surface area contributed by atoms with E-state index in [0.717, 1.165) is 36.5 Å². The molecule has 1 aliphatic heterocycles. The summed E-state index contributed by atoms with van der Waals surface area (Å²) in [7, 11) is 0. The molecule has 0 bridgehead atoms. The van der Waals surface area contributed by atoms with E-state index in [0.29, 0.717) is 12.6 Å². The molecular weight excluding hydrogens is 300 g/mol. The highest BCUT2D eigenvalue weighted by Gasteiger charge is 2.28. The molecule has 24 heavy (non-hydrogen) atoms. The number of nitrogens with zero attached hydrogens (tertiary/aromatic N) is 2. The minimum atomic E-state index is 0.0267. The van der Waals surface area contributed by atoms with Gasteiger partial charge in [0.05, 0.1) is 23.6 Å². The first-order chi connectivity index (χ1) is 11.4. The molecule has 5 heteroatoms. The third-order valence-corrected chi connectivity index (χ3v) is 4.73. The molecule has 128 valence electrons. The number of aromatic nitrogens is 2. The summed E-state index contributed by atoms with van der Waals surface area (Å²) in [6, 6.07) is 7.03. The number of carbonyl (C=O) groups excluding carboxylic acids is 1. The predicted octanol–water partition coefficient (Wildman–Crippen LogP) is 3.42. The minimum Gasteiger partial charge on any atom is -0.322 e. The summed E-state index contributed by atoms with van der Waals surface area (Å²) in [4.78, 5) is 14.8. The van der Waals surface area contributed by atoms with E-state index in [1.165, 1.54) is 16.7 Å². The van der Waals surface area contributed by atoms with Crippen molar-refractivity contribution in [3.8, 4) is 0 Å².